The lowest BCUT2D eigenvalue weighted by atomic mass is 10.2. The largest absolute Gasteiger partial charge is 0.472 e. The van der Waals surface area contributed by atoms with E-state index in [2.05, 4.69) is 80.7 Å². The molecule has 0 aromatic carbocycles. The van der Waals surface area contributed by atoms with Crippen molar-refractivity contribution < 1.29 is 42.7 Å². The van der Waals surface area contributed by atoms with E-state index in [1.54, 1.807) is 12.2 Å². The van der Waals surface area contributed by atoms with E-state index in [0.717, 1.165) is 51.4 Å². The van der Waals surface area contributed by atoms with Gasteiger partial charge in [0.2, 0.25) is 0 Å². The van der Waals surface area contributed by atoms with Gasteiger partial charge < -0.3 is 25.2 Å². The third-order valence-electron chi connectivity index (χ3n) is 7.53. The van der Waals surface area contributed by atoms with Crippen molar-refractivity contribution in [1.82, 2.24) is 0 Å². The first-order valence-electron chi connectivity index (χ1n) is 19.8. The van der Waals surface area contributed by atoms with Gasteiger partial charge in [0.15, 0.2) is 6.10 Å². The van der Waals surface area contributed by atoms with Gasteiger partial charge in [-0.15, -0.1) is 0 Å². The number of unbranched alkanes of at least 4 members (excludes halogenated alkanes) is 6. The van der Waals surface area contributed by atoms with Crippen LogP contribution >= 0.6 is 7.82 Å². The Morgan fingerprint density at radius 2 is 1.24 bits per heavy atom. The van der Waals surface area contributed by atoms with Crippen molar-refractivity contribution in [3.8, 4) is 0 Å². The van der Waals surface area contributed by atoms with Crippen LogP contribution in [-0.4, -0.2) is 60.5 Å². The zero-order valence-electron chi connectivity index (χ0n) is 33.0. The molecule has 0 aliphatic heterocycles. The summed E-state index contributed by atoms with van der Waals surface area (Å²) in [6, 6.07) is 0. The number of phosphoric acid groups is 1. The molecule has 0 radical (unpaired) electrons. The van der Waals surface area contributed by atoms with Crippen LogP contribution in [0, 0.1) is 0 Å². The predicted molar refractivity (Wildman–Crippen MR) is 221 cm³/mol. The minimum Gasteiger partial charge on any atom is -0.462 e. The number of rotatable bonds is 35. The van der Waals surface area contributed by atoms with Crippen LogP contribution in [0.1, 0.15) is 123 Å². The summed E-state index contributed by atoms with van der Waals surface area (Å²) >= 11 is 0. The minimum atomic E-state index is -4.43. The minimum absolute atomic E-state index is 0.0196. The van der Waals surface area contributed by atoms with E-state index in [1.165, 1.54) is 19.3 Å². The van der Waals surface area contributed by atoms with E-state index < -0.39 is 38.6 Å². The molecule has 0 saturated carbocycles. The molecule has 0 rings (SSSR count). The number of carbonyl (C=O) groups excluding carboxylic acids is 2. The van der Waals surface area contributed by atoms with Crippen LogP contribution < -0.4 is 5.73 Å². The molecule has 10 nitrogen and oxygen atoms in total. The van der Waals surface area contributed by atoms with Crippen LogP contribution in [0.25, 0.3) is 0 Å². The maximum atomic E-state index is 12.5. The fraction of sp³-hybridized carbons (Fsp3) is 0.581. The Kier molecular flexibility index (Phi) is 36.0. The Morgan fingerprint density at radius 1 is 0.667 bits per heavy atom. The van der Waals surface area contributed by atoms with Gasteiger partial charge in [0.25, 0.3) is 0 Å². The normalized spacial score (nSPS) is 15.0. The first kappa shape index (κ1) is 50.9. The van der Waals surface area contributed by atoms with Gasteiger partial charge >= 0.3 is 19.8 Å². The van der Waals surface area contributed by atoms with Crippen LogP contribution in [0.2, 0.25) is 0 Å². The second-order valence-electron chi connectivity index (χ2n) is 12.6. The van der Waals surface area contributed by atoms with E-state index >= 15 is 0 Å². The highest BCUT2D eigenvalue weighted by Crippen LogP contribution is 2.43. The summed E-state index contributed by atoms with van der Waals surface area (Å²) in [5.41, 5.74) is 5.32. The molecule has 0 spiro atoms. The molecule has 54 heavy (non-hydrogen) atoms. The summed E-state index contributed by atoms with van der Waals surface area (Å²) in [7, 11) is -4.43. The van der Waals surface area contributed by atoms with Crippen LogP contribution in [-0.2, 0) is 32.7 Å². The fourth-order valence-electron chi connectivity index (χ4n) is 4.58. The number of nitrogens with two attached hydrogens (primary N) is 1. The van der Waals surface area contributed by atoms with Gasteiger partial charge in [-0.1, -0.05) is 124 Å². The third-order valence-corrected chi connectivity index (χ3v) is 8.52. The third kappa shape index (κ3) is 37.2. The monoisotopic (exact) mass is 775 g/mol. The molecular formula is C43H70NO9P. The Labute approximate surface area is 326 Å². The number of aliphatic hydroxyl groups excluding tert-OH is 1. The molecule has 4 N–H and O–H groups in total. The molecule has 3 atom stereocenters. The lowest BCUT2D eigenvalue weighted by Gasteiger charge is -2.19. The van der Waals surface area contributed by atoms with Crippen LogP contribution in [0.5, 0.6) is 0 Å². The van der Waals surface area contributed by atoms with Crippen molar-refractivity contribution in [2.45, 2.75) is 135 Å². The van der Waals surface area contributed by atoms with Crippen molar-refractivity contribution in [3.05, 3.63) is 97.2 Å². The summed E-state index contributed by atoms with van der Waals surface area (Å²) < 4.78 is 32.5. The van der Waals surface area contributed by atoms with Gasteiger partial charge in [0.1, 0.15) is 6.61 Å². The van der Waals surface area contributed by atoms with E-state index in [9.17, 15) is 24.2 Å². The number of carbonyl (C=O) groups is 2. The second-order valence-corrected chi connectivity index (χ2v) is 14.1. The summed E-state index contributed by atoms with van der Waals surface area (Å²) in [6.07, 6.45) is 44.7. The van der Waals surface area contributed by atoms with E-state index in [-0.39, 0.29) is 32.6 Å². The fourth-order valence-corrected chi connectivity index (χ4v) is 5.34. The number of allylic oxidation sites excluding steroid dienone is 14. The molecule has 0 aliphatic carbocycles. The lowest BCUT2D eigenvalue weighted by Crippen LogP contribution is -2.29. The molecule has 2 unspecified atom stereocenters. The molecule has 0 bridgehead atoms. The number of esters is 2. The summed E-state index contributed by atoms with van der Waals surface area (Å²) in [5.74, 6) is -1.02. The molecular weight excluding hydrogens is 705 g/mol. The maximum Gasteiger partial charge on any atom is 0.472 e. The Bertz CT molecular complexity index is 1220. The highest BCUT2D eigenvalue weighted by Gasteiger charge is 2.25. The smallest absolute Gasteiger partial charge is 0.462 e. The zero-order chi connectivity index (χ0) is 39.8. The molecule has 11 heteroatoms. The van der Waals surface area contributed by atoms with E-state index in [1.807, 2.05) is 18.2 Å². The molecule has 0 aromatic heterocycles. The van der Waals surface area contributed by atoms with Gasteiger partial charge in [-0.3, -0.25) is 18.6 Å². The van der Waals surface area contributed by atoms with Crippen molar-refractivity contribution in [1.29, 1.82) is 0 Å². The first-order chi connectivity index (χ1) is 26.2. The molecule has 0 fully saturated rings. The number of hydrogen-bond acceptors (Lipinski definition) is 9. The topological polar surface area (TPSA) is 155 Å². The molecule has 0 saturated heterocycles. The highest BCUT2D eigenvalue weighted by molar-refractivity contribution is 7.47. The molecule has 0 aromatic rings. The number of hydrogen-bond donors (Lipinski definition) is 3. The Balaban J connectivity index is 4.50. The van der Waals surface area contributed by atoms with Gasteiger partial charge in [-0.25, -0.2) is 4.57 Å². The van der Waals surface area contributed by atoms with Crippen LogP contribution in [0.15, 0.2) is 97.2 Å². The standard InChI is InChI=1S/C43H70NO9P/c1-3-5-7-9-11-13-14-15-16-17-18-20-22-26-30-34-42(46)50-38-41(39-52-54(48,49)51-37-36-44)53-43(47)35-31-27-23-25-29-33-40(45)32-28-24-21-19-12-10-8-6-4-2/h5,7,11-13,15-16,18-20,23-25,28-29,33,40-41,45H,3-4,6,8-10,14,17,21-22,26-27,30-32,34-39,44H2,1-2H3,(H,48,49)/b7-5-,13-11-,16-15-,19-12-,20-18-,25-23+,28-24-,33-29-/t40?,41-/m1/s1. The van der Waals surface area contributed by atoms with Gasteiger partial charge in [0, 0.05) is 19.4 Å². The van der Waals surface area contributed by atoms with Gasteiger partial charge in [0.05, 0.1) is 19.3 Å². The molecule has 0 aliphatic rings. The SMILES string of the molecule is CC/C=C\C/C=C\C/C=C\C/C=C\CCCCC(=O)OC[C@H](COP(=O)(O)OCCN)OC(=O)CCC/C=C/C=C\C(O)C/C=C\C/C=C\CCCCC. The predicted octanol–water partition coefficient (Wildman–Crippen LogP) is 10.0. The Hall–Kier alpha value is -3.11. The number of phosphoric ester groups is 1. The number of ether oxygens (including phenoxy) is 2. The molecule has 0 heterocycles. The van der Waals surface area contributed by atoms with Crippen molar-refractivity contribution in [2.24, 2.45) is 5.73 Å². The highest BCUT2D eigenvalue weighted by atomic mass is 31.2. The lowest BCUT2D eigenvalue weighted by molar-refractivity contribution is -0.161. The number of aliphatic hydroxyl groups is 1. The van der Waals surface area contributed by atoms with Crippen molar-refractivity contribution >= 4 is 19.8 Å². The molecule has 306 valence electrons. The first-order valence-corrected chi connectivity index (χ1v) is 21.3. The summed E-state index contributed by atoms with van der Waals surface area (Å²) in [6.45, 7) is 3.33. The Morgan fingerprint density at radius 3 is 1.87 bits per heavy atom. The average molecular weight is 776 g/mol. The second kappa shape index (κ2) is 38.2. The van der Waals surface area contributed by atoms with E-state index in [0.29, 0.717) is 25.7 Å². The van der Waals surface area contributed by atoms with Crippen molar-refractivity contribution in [3.63, 3.8) is 0 Å². The van der Waals surface area contributed by atoms with Gasteiger partial charge in [-0.2, -0.15) is 0 Å². The summed E-state index contributed by atoms with van der Waals surface area (Å²) in [5, 5.41) is 10.1. The van der Waals surface area contributed by atoms with Crippen LogP contribution in [0.4, 0.5) is 0 Å². The maximum absolute atomic E-state index is 12.5. The van der Waals surface area contributed by atoms with Gasteiger partial charge in [-0.05, 0) is 83.5 Å². The zero-order valence-corrected chi connectivity index (χ0v) is 33.9. The molecule has 0 amide bonds. The van der Waals surface area contributed by atoms with Crippen molar-refractivity contribution in [2.75, 3.05) is 26.4 Å². The quantitative estimate of drug-likeness (QED) is 0.0186. The van der Waals surface area contributed by atoms with E-state index in [4.69, 9.17) is 24.3 Å². The average Bonchev–Trinajstić information content (AvgIpc) is 3.15. The van der Waals surface area contributed by atoms with Crippen LogP contribution in [0.3, 0.4) is 0 Å². The summed E-state index contributed by atoms with van der Waals surface area (Å²) in [4.78, 5) is 34.7.